The normalized spacial score (nSPS) is 11.5. The molecule has 1 amide bonds. The number of aromatic nitrogens is 3. The SMILES string of the molecule is Cc1cc(I)ccc1NC(=O)CSc1nnc2c(n1)-c1cccc3cccc-2c13. The summed E-state index contributed by atoms with van der Waals surface area (Å²) < 4.78 is 1.14. The van der Waals surface area contributed by atoms with Gasteiger partial charge in [-0.1, -0.05) is 48.2 Å². The van der Waals surface area contributed by atoms with Gasteiger partial charge in [-0.2, -0.15) is 0 Å². The number of nitrogens with zero attached hydrogens (tertiary/aromatic N) is 3. The van der Waals surface area contributed by atoms with Gasteiger partial charge in [-0.25, -0.2) is 4.98 Å². The first kappa shape index (κ1) is 18.5. The standard InChI is InChI=1S/C22H15IN4OS/c1-12-10-14(23)8-9-17(12)24-18(28)11-29-22-25-20-15-6-2-4-13-5-3-7-16(19(13)15)21(20)26-27-22/h2-10H,11H2,1H3,(H,24,28). The highest BCUT2D eigenvalue weighted by Crippen LogP contribution is 2.44. The van der Waals surface area contributed by atoms with Crippen molar-refractivity contribution in [1.29, 1.82) is 0 Å². The molecular formula is C22H15IN4OS. The van der Waals surface area contributed by atoms with Crippen molar-refractivity contribution in [2.75, 3.05) is 11.1 Å². The second-order valence-corrected chi connectivity index (χ2v) is 8.99. The Labute approximate surface area is 185 Å². The Bertz CT molecular complexity index is 1290. The lowest BCUT2D eigenvalue weighted by Gasteiger charge is -2.08. The zero-order valence-electron chi connectivity index (χ0n) is 15.4. The van der Waals surface area contributed by atoms with Gasteiger partial charge in [0, 0.05) is 25.8 Å². The molecule has 0 unspecified atom stereocenters. The van der Waals surface area contributed by atoms with Crippen molar-refractivity contribution in [3.8, 4) is 22.5 Å². The van der Waals surface area contributed by atoms with Crippen LogP contribution in [0.2, 0.25) is 0 Å². The molecule has 4 aromatic rings. The minimum absolute atomic E-state index is 0.0891. The van der Waals surface area contributed by atoms with Crippen molar-refractivity contribution < 1.29 is 4.79 Å². The molecule has 1 aliphatic carbocycles. The summed E-state index contributed by atoms with van der Waals surface area (Å²) in [5.41, 5.74) is 5.64. The summed E-state index contributed by atoms with van der Waals surface area (Å²) in [6.45, 7) is 1.98. The molecule has 142 valence electrons. The Balaban J connectivity index is 1.36. The average molecular weight is 510 g/mol. The molecule has 0 bridgehead atoms. The number of carbonyl (C=O) groups is 1. The number of benzene rings is 3. The van der Waals surface area contributed by atoms with Crippen LogP contribution in [0.3, 0.4) is 0 Å². The Morgan fingerprint density at radius 2 is 1.79 bits per heavy atom. The third-order valence-corrected chi connectivity index (χ3v) is 6.39. The molecule has 0 saturated heterocycles. The van der Waals surface area contributed by atoms with Crippen LogP contribution in [0.1, 0.15) is 5.56 Å². The number of fused-ring (bicyclic) bond motifs is 3. The quantitative estimate of drug-likeness (QED) is 0.262. The minimum Gasteiger partial charge on any atom is -0.325 e. The number of thioether (sulfide) groups is 1. The monoisotopic (exact) mass is 510 g/mol. The molecule has 1 aliphatic rings. The molecule has 0 radical (unpaired) electrons. The highest BCUT2D eigenvalue weighted by atomic mass is 127. The molecule has 0 atom stereocenters. The van der Waals surface area contributed by atoms with E-state index < -0.39 is 0 Å². The molecule has 0 aliphatic heterocycles. The largest absolute Gasteiger partial charge is 0.325 e. The fraction of sp³-hybridized carbons (Fsp3) is 0.0909. The molecule has 1 heterocycles. The molecule has 1 N–H and O–H groups in total. The van der Waals surface area contributed by atoms with Gasteiger partial charge in [0.1, 0.15) is 11.4 Å². The highest BCUT2D eigenvalue weighted by molar-refractivity contribution is 14.1. The van der Waals surface area contributed by atoms with Crippen LogP contribution in [-0.2, 0) is 4.79 Å². The van der Waals surface area contributed by atoms with Crippen LogP contribution in [0.4, 0.5) is 5.69 Å². The maximum Gasteiger partial charge on any atom is 0.234 e. The number of nitrogens with one attached hydrogen (secondary N) is 1. The molecule has 29 heavy (non-hydrogen) atoms. The van der Waals surface area contributed by atoms with E-state index in [4.69, 9.17) is 4.98 Å². The van der Waals surface area contributed by atoms with E-state index in [1.165, 1.54) is 22.5 Å². The number of hydrogen-bond acceptors (Lipinski definition) is 5. The molecule has 0 fully saturated rings. The third-order valence-electron chi connectivity index (χ3n) is 4.88. The number of carbonyl (C=O) groups excluding carboxylic acids is 1. The zero-order valence-corrected chi connectivity index (χ0v) is 18.4. The summed E-state index contributed by atoms with van der Waals surface area (Å²) in [7, 11) is 0. The first-order valence-corrected chi connectivity index (χ1v) is 11.1. The van der Waals surface area contributed by atoms with Gasteiger partial charge in [-0.3, -0.25) is 4.79 Å². The van der Waals surface area contributed by atoms with Crippen LogP contribution in [0.15, 0.2) is 59.8 Å². The maximum absolute atomic E-state index is 12.4. The van der Waals surface area contributed by atoms with Gasteiger partial charge in [0.15, 0.2) is 0 Å². The van der Waals surface area contributed by atoms with Crippen molar-refractivity contribution in [3.05, 3.63) is 63.7 Å². The van der Waals surface area contributed by atoms with Gasteiger partial charge in [-0.15, -0.1) is 10.2 Å². The smallest absolute Gasteiger partial charge is 0.234 e. The number of halogens is 1. The Hall–Kier alpha value is -2.52. The maximum atomic E-state index is 12.4. The van der Waals surface area contributed by atoms with E-state index in [0.29, 0.717) is 5.16 Å². The Morgan fingerprint density at radius 3 is 2.55 bits per heavy atom. The van der Waals surface area contributed by atoms with Crippen molar-refractivity contribution >= 4 is 56.7 Å². The molecule has 7 heteroatoms. The molecule has 5 rings (SSSR count). The van der Waals surface area contributed by atoms with Gasteiger partial charge in [0.2, 0.25) is 11.1 Å². The van der Waals surface area contributed by atoms with Crippen molar-refractivity contribution in [2.45, 2.75) is 12.1 Å². The van der Waals surface area contributed by atoms with Gasteiger partial charge < -0.3 is 5.32 Å². The van der Waals surface area contributed by atoms with Gasteiger partial charge in [0.05, 0.1) is 5.75 Å². The second kappa shape index (κ2) is 7.38. The topological polar surface area (TPSA) is 67.8 Å². The predicted octanol–water partition coefficient (Wildman–Crippen LogP) is 5.32. The number of rotatable bonds is 4. The van der Waals surface area contributed by atoms with Crippen molar-refractivity contribution in [1.82, 2.24) is 15.2 Å². The second-order valence-electron chi connectivity index (χ2n) is 6.80. The Kier molecular flexibility index (Phi) is 4.71. The van der Waals surface area contributed by atoms with Gasteiger partial charge in [0.25, 0.3) is 0 Å². The minimum atomic E-state index is -0.0891. The average Bonchev–Trinajstić information content (AvgIpc) is 3.04. The summed E-state index contributed by atoms with van der Waals surface area (Å²) in [4.78, 5) is 17.1. The van der Waals surface area contributed by atoms with Crippen molar-refractivity contribution in [3.63, 3.8) is 0 Å². The fourth-order valence-electron chi connectivity index (χ4n) is 3.56. The molecular weight excluding hydrogens is 495 g/mol. The predicted molar refractivity (Wildman–Crippen MR) is 125 cm³/mol. The lowest BCUT2D eigenvalue weighted by molar-refractivity contribution is -0.113. The van der Waals surface area contributed by atoms with Crippen molar-refractivity contribution in [2.24, 2.45) is 0 Å². The van der Waals surface area contributed by atoms with Crippen LogP contribution in [0, 0.1) is 10.5 Å². The fourth-order valence-corrected chi connectivity index (χ4v) is 4.79. The zero-order chi connectivity index (χ0) is 20.0. The summed E-state index contributed by atoms with van der Waals surface area (Å²) in [5.74, 6) is 0.136. The van der Waals surface area contributed by atoms with E-state index in [0.717, 1.165) is 37.3 Å². The number of hydrogen-bond donors (Lipinski definition) is 1. The molecule has 0 saturated carbocycles. The first-order valence-electron chi connectivity index (χ1n) is 9.06. The van der Waals surface area contributed by atoms with Crippen LogP contribution in [-0.4, -0.2) is 26.8 Å². The summed E-state index contributed by atoms with van der Waals surface area (Å²) in [6.07, 6.45) is 0. The van der Waals surface area contributed by atoms with E-state index in [1.54, 1.807) is 0 Å². The summed E-state index contributed by atoms with van der Waals surface area (Å²) >= 11 is 3.55. The molecule has 5 nitrogen and oxygen atoms in total. The molecule has 1 aromatic heterocycles. The lowest BCUT2D eigenvalue weighted by Crippen LogP contribution is -2.15. The van der Waals surface area contributed by atoms with Crippen LogP contribution >= 0.6 is 34.4 Å². The van der Waals surface area contributed by atoms with E-state index in [2.05, 4.69) is 62.4 Å². The first-order chi connectivity index (χ1) is 14.1. The number of aryl methyl sites for hydroxylation is 1. The van der Waals surface area contributed by atoms with Crippen LogP contribution < -0.4 is 5.32 Å². The molecule has 0 spiro atoms. The lowest BCUT2D eigenvalue weighted by atomic mass is 10.0. The molecule has 3 aromatic carbocycles. The van der Waals surface area contributed by atoms with E-state index in [9.17, 15) is 4.79 Å². The number of anilines is 1. The van der Waals surface area contributed by atoms with E-state index >= 15 is 0 Å². The summed E-state index contributed by atoms with van der Waals surface area (Å²) in [5, 5.41) is 14.5. The van der Waals surface area contributed by atoms with Crippen LogP contribution in [0.25, 0.3) is 33.3 Å². The highest BCUT2D eigenvalue weighted by Gasteiger charge is 2.25. The number of amides is 1. The van der Waals surface area contributed by atoms with Gasteiger partial charge >= 0.3 is 0 Å². The van der Waals surface area contributed by atoms with E-state index in [-0.39, 0.29) is 11.7 Å². The summed E-state index contributed by atoms with van der Waals surface area (Å²) in [6, 6.07) is 18.3. The van der Waals surface area contributed by atoms with Crippen LogP contribution in [0.5, 0.6) is 0 Å². The van der Waals surface area contributed by atoms with E-state index in [1.807, 2.05) is 37.3 Å². The van der Waals surface area contributed by atoms with Gasteiger partial charge in [-0.05, 0) is 58.7 Å². The Morgan fingerprint density at radius 1 is 1.03 bits per heavy atom. The third kappa shape index (κ3) is 3.38.